The van der Waals surface area contributed by atoms with Crippen LogP contribution in [0.3, 0.4) is 0 Å². The second kappa shape index (κ2) is 12.2. The fourth-order valence-electron chi connectivity index (χ4n) is 3.95. The van der Waals surface area contributed by atoms with E-state index in [-0.39, 0.29) is 17.9 Å². The quantitative estimate of drug-likeness (QED) is 0.771. The summed E-state index contributed by atoms with van der Waals surface area (Å²) in [5, 5.41) is 3.00. The molecule has 31 heavy (non-hydrogen) atoms. The fourth-order valence-corrected chi connectivity index (χ4v) is 3.95. The molecule has 0 bridgehead atoms. The normalized spacial score (nSPS) is 18.8. The molecule has 1 N–H and O–H groups in total. The molecule has 2 aromatic rings. The summed E-state index contributed by atoms with van der Waals surface area (Å²) in [6, 6.07) is 14.2. The molecule has 0 spiro atoms. The highest BCUT2D eigenvalue weighted by Crippen LogP contribution is 2.27. The van der Waals surface area contributed by atoms with E-state index in [0.717, 1.165) is 24.1 Å². The van der Waals surface area contributed by atoms with Crippen LogP contribution in [-0.4, -0.2) is 66.5 Å². The van der Waals surface area contributed by atoms with Crippen LogP contribution in [0.2, 0.25) is 0 Å². The number of pyridine rings is 1. The lowest BCUT2D eigenvalue weighted by Crippen LogP contribution is -2.39. The number of methoxy groups -OCH3 is 1. The van der Waals surface area contributed by atoms with Crippen molar-refractivity contribution in [2.75, 3.05) is 39.9 Å². The predicted molar refractivity (Wildman–Crippen MR) is 119 cm³/mol. The summed E-state index contributed by atoms with van der Waals surface area (Å²) in [7, 11) is 1.60. The van der Waals surface area contributed by atoms with Crippen LogP contribution in [0.1, 0.15) is 36.4 Å². The molecule has 1 fully saturated rings. The molecular weight excluding hydrogens is 392 g/mol. The molecule has 166 valence electrons. The average molecular weight is 425 g/mol. The summed E-state index contributed by atoms with van der Waals surface area (Å²) in [4.78, 5) is 33.6. The minimum atomic E-state index is -0.0369. The molecule has 1 aliphatic rings. The lowest BCUT2D eigenvalue weighted by atomic mass is 10.00. The largest absolute Gasteiger partial charge is 0.384 e. The Morgan fingerprint density at radius 1 is 1.13 bits per heavy atom. The number of ether oxygens (including phenoxy) is 1. The number of rotatable bonds is 6. The van der Waals surface area contributed by atoms with Gasteiger partial charge < -0.3 is 15.0 Å². The first-order chi connectivity index (χ1) is 15.2. The molecule has 1 saturated heterocycles. The molecule has 1 aromatic carbocycles. The molecule has 0 saturated carbocycles. The van der Waals surface area contributed by atoms with Gasteiger partial charge in [0.25, 0.3) is 0 Å². The van der Waals surface area contributed by atoms with Crippen LogP contribution < -0.4 is 5.32 Å². The van der Waals surface area contributed by atoms with Gasteiger partial charge in [-0.1, -0.05) is 30.3 Å². The summed E-state index contributed by atoms with van der Waals surface area (Å²) >= 11 is 0. The molecule has 1 aromatic heterocycles. The van der Waals surface area contributed by atoms with Gasteiger partial charge in [0.15, 0.2) is 0 Å². The van der Waals surface area contributed by atoms with Crippen molar-refractivity contribution in [3.8, 4) is 0 Å². The molecule has 2 amide bonds. The van der Waals surface area contributed by atoms with Crippen LogP contribution >= 0.6 is 0 Å². The Kier molecular flexibility index (Phi) is 8.99. The molecule has 3 rings (SSSR count). The van der Waals surface area contributed by atoms with E-state index in [1.165, 1.54) is 0 Å². The van der Waals surface area contributed by atoms with E-state index < -0.39 is 0 Å². The summed E-state index contributed by atoms with van der Waals surface area (Å²) in [6.45, 7) is 3.55. The summed E-state index contributed by atoms with van der Waals surface area (Å²) < 4.78 is 5.06. The highest BCUT2D eigenvalue weighted by Gasteiger charge is 2.25. The smallest absolute Gasteiger partial charge is 0.224 e. The Morgan fingerprint density at radius 2 is 1.90 bits per heavy atom. The van der Waals surface area contributed by atoms with E-state index in [1.807, 2.05) is 35.2 Å². The monoisotopic (exact) mass is 424 g/mol. The molecule has 0 radical (unpaired) electrons. The molecule has 2 heterocycles. The third-order valence-electron chi connectivity index (χ3n) is 5.59. The first-order valence-electron chi connectivity index (χ1n) is 10.9. The van der Waals surface area contributed by atoms with E-state index in [2.05, 4.69) is 27.3 Å². The molecule has 1 unspecified atom stereocenters. The average Bonchev–Trinajstić information content (AvgIpc) is 2.83. The van der Waals surface area contributed by atoms with Gasteiger partial charge in [0.05, 0.1) is 13.0 Å². The Morgan fingerprint density at radius 3 is 2.65 bits per heavy atom. The van der Waals surface area contributed by atoms with Crippen LogP contribution in [0.25, 0.3) is 0 Å². The molecule has 1 aliphatic heterocycles. The third kappa shape index (κ3) is 7.15. The van der Waals surface area contributed by atoms with Gasteiger partial charge in [-0.25, -0.2) is 0 Å². The van der Waals surface area contributed by atoms with Crippen LogP contribution in [-0.2, 0) is 20.9 Å². The number of nitrogens with one attached hydrogen (secondary N) is 1. The van der Waals surface area contributed by atoms with Crippen molar-refractivity contribution in [2.45, 2.75) is 31.8 Å². The first-order valence-corrected chi connectivity index (χ1v) is 10.9. The molecule has 7 nitrogen and oxygen atoms in total. The zero-order valence-electron chi connectivity index (χ0n) is 18.2. The maximum Gasteiger partial charge on any atom is 0.224 e. The number of carbonyl (C=O) groups is 2. The number of benzene rings is 1. The number of amides is 2. The minimum Gasteiger partial charge on any atom is -0.384 e. The molecule has 7 heteroatoms. The fraction of sp³-hybridized carbons (Fsp3) is 0.458. The van der Waals surface area contributed by atoms with Gasteiger partial charge in [0, 0.05) is 64.7 Å². The zero-order valence-corrected chi connectivity index (χ0v) is 18.2. The van der Waals surface area contributed by atoms with Gasteiger partial charge in [-0.3, -0.25) is 19.5 Å². The zero-order chi connectivity index (χ0) is 21.9. The first kappa shape index (κ1) is 22.9. The van der Waals surface area contributed by atoms with E-state index in [4.69, 9.17) is 4.74 Å². The summed E-state index contributed by atoms with van der Waals surface area (Å²) in [5.41, 5.74) is 2.28. The van der Waals surface area contributed by atoms with Crippen molar-refractivity contribution < 1.29 is 14.3 Å². The highest BCUT2D eigenvalue weighted by atomic mass is 16.5. The Labute approximate surface area is 184 Å². The second-order valence-electron chi connectivity index (χ2n) is 7.78. The number of hydrogen-bond acceptors (Lipinski definition) is 5. The van der Waals surface area contributed by atoms with Gasteiger partial charge in [0.2, 0.25) is 11.8 Å². The highest BCUT2D eigenvalue weighted by molar-refractivity contribution is 5.78. The van der Waals surface area contributed by atoms with Gasteiger partial charge in [-0.2, -0.15) is 0 Å². The van der Waals surface area contributed by atoms with Crippen LogP contribution in [0, 0.1) is 0 Å². The van der Waals surface area contributed by atoms with Crippen molar-refractivity contribution in [2.24, 2.45) is 0 Å². The topological polar surface area (TPSA) is 74.8 Å². The van der Waals surface area contributed by atoms with Gasteiger partial charge in [-0.15, -0.1) is 0 Å². The number of hydrogen-bond donors (Lipinski definition) is 1. The van der Waals surface area contributed by atoms with Crippen LogP contribution in [0.15, 0.2) is 54.9 Å². The Balaban J connectivity index is 1.81. The van der Waals surface area contributed by atoms with E-state index in [0.29, 0.717) is 45.6 Å². The predicted octanol–water partition coefficient (Wildman–Crippen LogP) is 2.40. The van der Waals surface area contributed by atoms with Gasteiger partial charge in [0.1, 0.15) is 0 Å². The third-order valence-corrected chi connectivity index (χ3v) is 5.59. The van der Waals surface area contributed by atoms with Crippen molar-refractivity contribution in [1.29, 1.82) is 0 Å². The van der Waals surface area contributed by atoms with E-state index in [1.54, 1.807) is 19.5 Å². The number of nitrogens with zero attached hydrogens (tertiary/aromatic N) is 3. The van der Waals surface area contributed by atoms with E-state index in [9.17, 15) is 9.59 Å². The van der Waals surface area contributed by atoms with E-state index >= 15 is 0 Å². The van der Waals surface area contributed by atoms with Crippen molar-refractivity contribution >= 4 is 11.8 Å². The SMILES string of the molecule is COCCC(=O)N1CCCN(Cc2ccncc2)C(c2ccccc2)CC(=O)NCC1. The maximum atomic E-state index is 12.8. The van der Waals surface area contributed by atoms with Gasteiger partial charge >= 0.3 is 0 Å². The Bertz CT molecular complexity index is 816. The van der Waals surface area contributed by atoms with Gasteiger partial charge in [-0.05, 0) is 29.7 Å². The second-order valence-corrected chi connectivity index (χ2v) is 7.78. The number of aromatic nitrogens is 1. The summed E-state index contributed by atoms with van der Waals surface area (Å²) in [5.74, 6) is 0.0652. The van der Waals surface area contributed by atoms with Crippen LogP contribution in [0.5, 0.6) is 0 Å². The molecule has 1 atom stereocenters. The van der Waals surface area contributed by atoms with Crippen molar-refractivity contribution in [1.82, 2.24) is 20.1 Å². The molecule has 0 aliphatic carbocycles. The standard InChI is InChI=1S/C24H32N4O3/c1-31-17-10-24(30)27-14-5-15-28(19-20-8-11-25-12-9-20)22(18-23(29)26-13-16-27)21-6-3-2-4-7-21/h2-4,6-9,11-12,22H,5,10,13-19H2,1H3,(H,26,29). The van der Waals surface area contributed by atoms with Crippen molar-refractivity contribution in [3.05, 3.63) is 66.0 Å². The van der Waals surface area contributed by atoms with Crippen molar-refractivity contribution in [3.63, 3.8) is 0 Å². The lowest BCUT2D eigenvalue weighted by molar-refractivity contribution is -0.132. The number of carbonyl (C=O) groups excluding carboxylic acids is 2. The lowest BCUT2D eigenvalue weighted by Gasteiger charge is -2.32. The Hall–Kier alpha value is -2.77. The maximum absolute atomic E-state index is 12.8. The summed E-state index contributed by atoms with van der Waals surface area (Å²) in [6.07, 6.45) is 5.16. The van der Waals surface area contributed by atoms with Crippen LogP contribution in [0.4, 0.5) is 0 Å². The minimum absolute atomic E-state index is 0.000211. The molecular formula is C24H32N4O3.